The molecule has 1 amide bonds. The van der Waals surface area contributed by atoms with Gasteiger partial charge in [-0.1, -0.05) is 29.8 Å². The van der Waals surface area contributed by atoms with Crippen molar-refractivity contribution in [1.29, 1.82) is 5.26 Å². The number of aromatic amines is 1. The van der Waals surface area contributed by atoms with E-state index in [-0.39, 0.29) is 11.5 Å². The van der Waals surface area contributed by atoms with E-state index in [1.807, 2.05) is 37.3 Å². The van der Waals surface area contributed by atoms with Crippen LogP contribution in [0, 0.1) is 18.3 Å². The van der Waals surface area contributed by atoms with Crippen molar-refractivity contribution in [1.82, 2.24) is 4.98 Å². The number of aromatic nitrogens is 1. The molecule has 1 heterocycles. The summed E-state index contributed by atoms with van der Waals surface area (Å²) < 4.78 is 0.962. The van der Waals surface area contributed by atoms with Gasteiger partial charge in [-0.2, -0.15) is 5.26 Å². The molecule has 2 N–H and O–H groups in total. The van der Waals surface area contributed by atoms with Gasteiger partial charge in [0.25, 0.3) is 11.5 Å². The van der Waals surface area contributed by atoms with Gasteiger partial charge in [0.15, 0.2) is 0 Å². The minimum absolute atomic E-state index is 0.256. The lowest BCUT2D eigenvalue weighted by Crippen LogP contribution is -2.20. The highest BCUT2D eigenvalue weighted by atomic mass is 32.1. The van der Waals surface area contributed by atoms with Gasteiger partial charge in [-0.25, -0.2) is 0 Å². The summed E-state index contributed by atoms with van der Waals surface area (Å²) in [6, 6.07) is 16.4. The van der Waals surface area contributed by atoms with E-state index in [9.17, 15) is 9.59 Å². The van der Waals surface area contributed by atoms with Crippen LogP contribution in [0.15, 0.2) is 53.3 Å². The maximum Gasteiger partial charge on any atom is 0.266 e. The fraction of sp³-hybridized carbons (Fsp3) is 0.0500. The maximum absolute atomic E-state index is 12.1. The molecule has 0 aliphatic carbocycles. The highest BCUT2D eigenvalue weighted by Crippen LogP contribution is 2.08. The van der Waals surface area contributed by atoms with Crippen LogP contribution < -0.4 is 20.1 Å². The molecule has 0 saturated carbocycles. The molecule has 0 bridgehead atoms. The number of benzene rings is 2. The van der Waals surface area contributed by atoms with Crippen LogP contribution in [0.5, 0.6) is 0 Å². The van der Waals surface area contributed by atoms with E-state index in [1.54, 1.807) is 30.3 Å². The number of carbonyl (C=O) groups is 1. The molecule has 6 heteroatoms. The van der Waals surface area contributed by atoms with Crippen molar-refractivity contribution in [3.63, 3.8) is 0 Å². The minimum Gasteiger partial charge on any atom is -0.322 e. The van der Waals surface area contributed by atoms with Gasteiger partial charge < -0.3 is 10.3 Å². The Morgan fingerprint density at radius 1 is 1.15 bits per heavy atom. The zero-order valence-electron chi connectivity index (χ0n) is 13.9. The summed E-state index contributed by atoms with van der Waals surface area (Å²) in [5.41, 5.74) is 2.92. The number of nitrogens with one attached hydrogen (secondary N) is 2. The molecular formula is C20H15N3O2S. The Morgan fingerprint density at radius 3 is 2.50 bits per heavy atom. The van der Waals surface area contributed by atoms with Crippen molar-refractivity contribution in [3.8, 4) is 6.07 Å². The largest absolute Gasteiger partial charge is 0.322 e. The standard InChI is InChI=1S/C20H15N3O2S/c1-13-2-8-16(9-3-13)22-18(24)11-19-23-20(25)17(26-19)10-14-4-6-15(12-21)7-5-14/h2-11H,1H3,(H,22,24)(H,23,25)/b17-10+,19-11+. The first-order chi connectivity index (χ1) is 12.5. The third-order valence-electron chi connectivity index (χ3n) is 3.60. The van der Waals surface area contributed by atoms with Crippen molar-refractivity contribution < 1.29 is 4.79 Å². The van der Waals surface area contributed by atoms with Crippen molar-refractivity contribution in [2.45, 2.75) is 6.92 Å². The van der Waals surface area contributed by atoms with Gasteiger partial charge in [0.05, 0.1) is 16.2 Å². The van der Waals surface area contributed by atoms with Crippen LogP contribution in [0.25, 0.3) is 12.2 Å². The van der Waals surface area contributed by atoms with Crippen LogP contribution >= 0.6 is 11.3 Å². The number of aryl methyl sites for hydroxylation is 1. The van der Waals surface area contributed by atoms with Crippen molar-refractivity contribution in [3.05, 3.63) is 84.8 Å². The molecule has 0 spiro atoms. The second-order valence-electron chi connectivity index (χ2n) is 5.66. The second kappa shape index (κ2) is 7.64. The molecule has 1 aromatic heterocycles. The van der Waals surface area contributed by atoms with E-state index >= 15 is 0 Å². The highest BCUT2D eigenvalue weighted by molar-refractivity contribution is 7.07. The number of anilines is 1. The van der Waals surface area contributed by atoms with Gasteiger partial charge in [-0.3, -0.25) is 9.59 Å². The second-order valence-corrected chi connectivity index (χ2v) is 6.75. The monoisotopic (exact) mass is 361 g/mol. The van der Waals surface area contributed by atoms with Gasteiger partial charge in [0.1, 0.15) is 4.66 Å². The third-order valence-corrected chi connectivity index (χ3v) is 4.56. The first-order valence-corrected chi connectivity index (χ1v) is 8.65. The predicted octanol–water partition coefficient (Wildman–Crippen LogP) is 1.86. The molecule has 3 rings (SSSR count). The summed E-state index contributed by atoms with van der Waals surface area (Å²) in [7, 11) is 0. The van der Waals surface area contributed by atoms with E-state index in [0.29, 0.717) is 20.4 Å². The number of amides is 1. The number of rotatable bonds is 3. The third kappa shape index (κ3) is 4.35. The number of nitrogens with zero attached hydrogens (tertiary/aromatic N) is 1. The first kappa shape index (κ1) is 17.4. The fourth-order valence-corrected chi connectivity index (χ4v) is 3.15. The van der Waals surface area contributed by atoms with Gasteiger partial charge >= 0.3 is 0 Å². The minimum atomic E-state index is -0.309. The molecule has 0 atom stereocenters. The number of hydrogen-bond donors (Lipinski definition) is 2. The Balaban J connectivity index is 1.84. The summed E-state index contributed by atoms with van der Waals surface area (Å²) in [6.45, 7) is 1.97. The van der Waals surface area contributed by atoms with Crippen LogP contribution in [-0.2, 0) is 4.79 Å². The number of thiazole rings is 1. The van der Waals surface area contributed by atoms with Crippen LogP contribution in [0.2, 0.25) is 0 Å². The molecule has 128 valence electrons. The normalized spacial score (nSPS) is 12.0. The lowest BCUT2D eigenvalue weighted by Gasteiger charge is -2.01. The molecular weight excluding hydrogens is 346 g/mol. The average molecular weight is 361 g/mol. The number of nitriles is 1. The molecule has 0 radical (unpaired) electrons. The van der Waals surface area contributed by atoms with Gasteiger partial charge in [-0.05, 0) is 42.8 Å². The quantitative estimate of drug-likeness (QED) is 0.747. The summed E-state index contributed by atoms with van der Waals surface area (Å²) in [4.78, 5) is 26.8. The average Bonchev–Trinajstić information content (AvgIpc) is 2.96. The zero-order valence-corrected chi connectivity index (χ0v) is 14.8. The highest BCUT2D eigenvalue weighted by Gasteiger charge is 2.01. The van der Waals surface area contributed by atoms with Crippen molar-refractivity contribution in [2.75, 3.05) is 5.32 Å². The Bertz CT molecular complexity index is 1150. The van der Waals surface area contributed by atoms with Gasteiger partial charge in [-0.15, -0.1) is 11.3 Å². The molecule has 3 aromatic rings. The van der Waals surface area contributed by atoms with Gasteiger partial charge in [0, 0.05) is 11.8 Å². The maximum atomic E-state index is 12.1. The van der Waals surface area contributed by atoms with E-state index in [1.165, 1.54) is 17.4 Å². The molecule has 26 heavy (non-hydrogen) atoms. The predicted molar refractivity (Wildman–Crippen MR) is 103 cm³/mol. The molecule has 2 aromatic carbocycles. The Kier molecular flexibility index (Phi) is 5.11. The smallest absolute Gasteiger partial charge is 0.266 e. The first-order valence-electron chi connectivity index (χ1n) is 7.84. The number of carbonyl (C=O) groups excluding carboxylic acids is 1. The van der Waals surface area contributed by atoms with Crippen molar-refractivity contribution >= 4 is 35.1 Å². The zero-order chi connectivity index (χ0) is 18.5. The topological polar surface area (TPSA) is 85.8 Å². The SMILES string of the molecule is Cc1ccc(NC(=O)/C=c2\[nH]c(=O)/c(=C\c3ccc(C#N)cc3)s2)cc1. The van der Waals surface area contributed by atoms with Crippen LogP contribution in [0.1, 0.15) is 16.7 Å². The van der Waals surface area contributed by atoms with E-state index < -0.39 is 0 Å². The van der Waals surface area contributed by atoms with E-state index in [0.717, 1.165) is 11.1 Å². The van der Waals surface area contributed by atoms with Gasteiger partial charge in [0.2, 0.25) is 0 Å². The molecule has 0 fully saturated rings. The molecule has 0 unspecified atom stereocenters. The summed E-state index contributed by atoms with van der Waals surface area (Å²) >= 11 is 1.20. The lowest BCUT2D eigenvalue weighted by atomic mass is 10.1. The lowest BCUT2D eigenvalue weighted by molar-refractivity contribution is -0.110. The van der Waals surface area contributed by atoms with Crippen LogP contribution in [0.4, 0.5) is 5.69 Å². The summed E-state index contributed by atoms with van der Waals surface area (Å²) in [6.07, 6.45) is 3.09. The Hall–Kier alpha value is -3.43. The molecule has 5 nitrogen and oxygen atoms in total. The molecule has 0 aliphatic heterocycles. The molecule has 0 aliphatic rings. The van der Waals surface area contributed by atoms with Crippen molar-refractivity contribution in [2.24, 2.45) is 0 Å². The molecule has 0 saturated heterocycles. The number of H-pyrrole nitrogens is 1. The van der Waals surface area contributed by atoms with Crippen LogP contribution in [0.3, 0.4) is 0 Å². The van der Waals surface area contributed by atoms with E-state index in [4.69, 9.17) is 5.26 Å². The van der Waals surface area contributed by atoms with Crippen LogP contribution in [-0.4, -0.2) is 10.9 Å². The number of hydrogen-bond acceptors (Lipinski definition) is 4. The fourth-order valence-electron chi connectivity index (χ4n) is 2.26. The summed E-state index contributed by atoms with van der Waals surface area (Å²) in [5, 5.41) is 11.6. The Morgan fingerprint density at radius 2 is 1.85 bits per heavy atom. The van der Waals surface area contributed by atoms with E-state index in [2.05, 4.69) is 10.3 Å². The Labute approximate surface area is 153 Å². The summed E-state index contributed by atoms with van der Waals surface area (Å²) in [5.74, 6) is -0.309.